The summed E-state index contributed by atoms with van der Waals surface area (Å²) in [5, 5.41) is 0. The zero-order valence-electron chi connectivity index (χ0n) is 7.02. The van der Waals surface area contributed by atoms with Gasteiger partial charge in [-0.3, -0.25) is 4.70 Å². The fourth-order valence-electron chi connectivity index (χ4n) is 0.943. The zero-order chi connectivity index (χ0) is 7.11. The average molecular weight is 252 g/mol. The summed E-state index contributed by atoms with van der Waals surface area (Å²) in [6, 6.07) is 0. The molecule has 0 nitrogen and oxygen atoms in total. The van der Waals surface area contributed by atoms with E-state index >= 15 is 0 Å². The van der Waals surface area contributed by atoms with Gasteiger partial charge in [0.2, 0.25) is 0 Å². The van der Waals surface area contributed by atoms with Crippen LogP contribution >= 0.6 is 0 Å². The number of hydrogen-bond donors (Lipinski definition) is 0. The van der Waals surface area contributed by atoms with Crippen molar-refractivity contribution < 1.29 is 4.70 Å². The molecule has 0 fully saturated rings. The van der Waals surface area contributed by atoms with Crippen molar-refractivity contribution in [2.75, 3.05) is 0 Å². The van der Waals surface area contributed by atoms with Crippen LogP contribution in [0.4, 0.5) is 4.70 Å². The van der Waals surface area contributed by atoms with Gasteiger partial charge < -0.3 is 0 Å². The van der Waals surface area contributed by atoms with Crippen LogP contribution in [0.3, 0.4) is 0 Å². The quantitative estimate of drug-likeness (QED) is 0.660. The number of hydrogen-bond acceptors (Lipinski definition) is 0. The molecule has 3 radical (unpaired) electrons. The normalized spacial score (nSPS) is 12.3. The van der Waals surface area contributed by atoms with Gasteiger partial charge in [0.05, 0.1) is 0 Å². The third-order valence-corrected chi connectivity index (χ3v) is 3.48. The van der Waals surface area contributed by atoms with E-state index in [1.54, 1.807) is 22.5 Å². The van der Waals surface area contributed by atoms with E-state index in [1.165, 1.54) is 30.1 Å². The van der Waals surface area contributed by atoms with E-state index in [2.05, 4.69) is 13.8 Å². The van der Waals surface area contributed by atoms with Crippen molar-refractivity contribution in [2.45, 2.75) is 44.0 Å². The first kappa shape index (κ1) is 13.3. The van der Waals surface area contributed by atoms with E-state index in [0.29, 0.717) is 0 Å². The van der Waals surface area contributed by atoms with Crippen LogP contribution in [0.15, 0.2) is 0 Å². The van der Waals surface area contributed by atoms with Gasteiger partial charge in [-0.1, -0.05) is 0 Å². The van der Waals surface area contributed by atoms with E-state index in [0.717, 1.165) is 5.92 Å². The van der Waals surface area contributed by atoms with Gasteiger partial charge in [0, 0.05) is 0 Å². The Morgan fingerprint density at radius 2 is 1.90 bits per heavy atom. The van der Waals surface area contributed by atoms with E-state index in [9.17, 15) is 0 Å². The molecule has 0 heterocycles. The van der Waals surface area contributed by atoms with Crippen LogP contribution in [0.5, 0.6) is 0 Å². The van der Waals surface area contributed by atoms with Crippen molar-refractivity contribution >= 4 is 22.5 Å². The largest absolute Gasteiger partial charge is 0.269 e. The Balaban J connectivity index is 0. The van der Waals surface area contributed by atoms with E-state index in [4.69, 9.17) is 0 Å². The van der Waals surface area contributed by atoms with E-state index in [-0.39, 0.29) is 4.70 Å². The Labute approximate surface area is 77.2 Å². The predicted octanol–water partition coefficient (Wildman–Crippen LogP) is 2.94. The second-order valence-corrected chi connectivity index (χ2v) is 3.79. The van der Waals surface area contributed by atoms with Crippen molar-refractivity contribution in [1.29, 1.82) is 0 Å². The third kappa shape index (κ3) is 6.84. The molecule has 0 aliphatic rings. The molecule has 10 heavy (non-hydrogen) atoms. The molecule has 2 heteroatoms. The molecule has 0 saturated carbocycles. The van der Waals surface area contributed by atoms with E-state index < -0.39 is 0 Å². The second kappa shape index (κ2) is 9.73. The Bertz CT molecular complexity index is 53.2. The summed E-state index contributed by atoms with van der Waals surface area (Å²) in [5.74, 6) is 1.04. The average Bonchev–Trinajstić information content (AvgIpc) is 1.91. The first-order valence-corrected chi connectivity index (χ1v) is 6.01. The van der Waals surface area contributed by atoms with Gasteiger partial charge in [0.1, 0.15) is 0 Å². The topological polar surface area (TPSA) is 0 Å². The van der Waals surface area contributed by atoms with Crippen LogP contribution in [0.25, 0.3) is 0 Å². The molecule has 61 valence electrons. The molecule has 1 atom stereocenters. The Hall–Kier alpha value is 0.729. The number of halogens is 1. The SMILES string of the molecule is CCCCC(CC)[CH2][Sn].F. The molecule has 0 aromatic carbocycles. The second-order valence-electron chi connectivity index (χ2n) is 2.62. The summed E-state index contributed by atoms with van der Waals surface area (Å²) in [6.45, 7) is 4.58. The first-order chi connectivity index (χ1) is 4.35. The fraction of sp³-hybridized carbons (Fsp3) is 1.00. The van der Waals surface area contributed by atoms with E-state index in [1.807, 2.05) is 0 Å². The molecule has 0 aromatic rings. The zero-order valence-corrected chi connectivity index (χ0v) is 9.88. The summed E-state index contributed by atoms with van der Waals surface area (Å²) in [7, 11) is 0. The molecule has 0 saturated heterocycles. The van der Waals surface area contributed by atoms with Crippen LogP contribution < -0.4 is 0 Å². The Morgan fingerprint density at radius 1 is 1.30 bits per heavy atom. The Morgan fingerprint density at radius 3 is 2.20 bits per heavy atom. The van der Waals surface area contributed by atoms with Crippen molar-refractivity contribution in [3.8, 4) is 0 Å². The summed E-state index contributed by atoms with van der Waals surface area (Å²) < 4.78 is 1.46. The molecule has 1 unspecified atom stereocenters. The molecule has 0 spiro atoms. The molecule has 0 amide bonds. The number of rotatable bonds is 5. The maximum Gasteiger partial charge on any atom is -0.269 e. The fourth-order valence-corrected chi connectivity index (χ4v) is 2.35. The van der Waals surface area contributed by atoms with Crippen LogP contribution in [0.2, 0.25) is 4.44 Å². The summed E-state index contributed by atoms with van der Waals surface area (Å²) in [6.07, 6.45) is 5.67. The molecule has 0 rings (SSSR count). The molecule has 0 aliphatic heterocycles. The van der Waals surface area contributed by atoms with Gasteiger partial charge in [-0.2, -0.15) is 0 Å². The van der Waals surface area contributed by atoms with Gasteiger partial charge in [0.15, 0.2) is 0 Å². The molecule has 0 aliphatic carbocycles. The standard InChI is InChI=1S/C8H17.FH.Sn/c1-4-6-7-8(3)5-2;;/h8H,3-7H2,1-2H3;1H;. The van der Waals surface area contributed by atoms with Gasteiger partial charge in [-0.15, -0.1) is 0 Å². The number of unbranched alkanes of at least 4 members (excludes halogenated alkanes) is 1. The first-order valence-electron chi connectivity index (χ1n) is 3.99. The Kier molecular flexibility index (Phi) is 13.0. The van der Waals surface area contributed by atoms with Crippen LogP contribution in [0.1, 0.15) is 39.5 Å². The molecular weight excluding hydrogens is 234 g/mol. The minimum absolute atomic E-state index is 0. The smallest absolute Gasteiger partial charge is 0.269 e. The molecule has 0 aromatic heterocycles. The van der Waals surface area contributed by atoms with Crippen LogP contribution in [0, 0.1) is 5.92 Å². The molecular formula is C8H18FSn. The minimum atomic E-state index is 0. The maximum atomic E-state index is 2.31. The monoisotopic (exact) mass is 253 g/mol. The molecule has 0 N–H and O–H groups in total. The summed E-state index contributed by atoms with van der Waals surface area (Å²) in [4.78, 5) is 0. The van der Waals surface area contributed by atoms with Crippen molar-refractivity contribution in [3.05, 3.63) is 0 Å². The van der Waals surface area contributed by atoms with Gasteiger partial charge in [0.25, 0.3) is 0 Å². The van der Waals surface area contributed by atoms with Crippen molar-refractivity contribution in [3.63, 3.8) is 0 Å². The third-order valence-electron chi connectivity index (χ3n) is 1.83. The summed E-state index contributed by atoms with van der Waals surface area (Å²) in [5.41, 5.74) is 0. The van der Waals surface area contributed by atoms with Gasteiger partial charge >= 0.3 is 72.4 Å². The minimum Gasteiger partial charge on any atom is -0.269 e. The predicted molar refractivity (Wildman–Crippen MR) is 46.4 cm³/mol. The van der Waals surface area contributed by atoms with Crippen LogP contribution in [-0.2, 0) is 0 Å². The summed E-state index contributed by atoms with van der Waals surface area (Å²) >= 11 is 1.71. The van der Waals surface area contributed by atoms with Gasteiger partial charge in [-0.25, -0.2) is 0 Å². The maximum absolute atomic E-state index is 2.31. The molecule has 0 bridgehead atoms. The van der Waals surface area contributed by atoms with Crippen molar-refractivity contribution in [2.24, 2.45) is 5.92 Å². The van der Waals surface area contributed by atoms with Crippen molar-refractivity contribution in [1.82, 2.24) is 0 Å². The van der Waals surface area contributed by atoms with Crippen LogP contribution in [-0.4, -0.2) is 22.5 Å². The van der Waals surface area contributed by atoms with Gasteiger partial charge in [-0.05, 0) is 0 Å².